The van der Waals surface area contributed by atoms with Crippen LogP contribution in [-0.4, -0.2) is 4.57 Å². The van der Waals surface area contributed by atoms with Gasteiger partial charge < -0.3 is 4.42 Å². The largest absolute Gasteiger partial charge is 0.418 e. The van der Waals surface area contributed by atoms with E-state index in [0.717, 1.165) is 13.0 Å². The topological polar surface area (TPSA) is 35.1 Å². The maximum Gasteiger partial charge on any atom is 0.418 e. The highest BCUT2D eigenvalue weighted by atomic mass is 16.4. The molecule has 3 heteroatoms. The van der Waals surface area contributed by atoms with Crippen molar-refractivity contribution in [3.05, 3.63) is 23.0 Å². The second-order valence-electron chi connectivity index (χ2n) is 4.34. The Balaban J connectivity index is 1.93. The Kier molecular flexibility index (Phi) is 6.70. The molecule has 16 heavy (non-hydrogen) atoms. The van der Waals surface area contributed by atoms with Gasteiger partial charge in [-0.15, -0.1) is 0 Å². The number of oxazole rings is 1. The summed E-state index contributed by atoms with van der Waals surface area (Å²) in [5.74, 6) is -0.233. The lowest BCUT2D eigenvalue weighted by atomic mass is 10.1. The fourth-order valence-electron chi connectivity index (χ4n) is 1.87. The van der Waals surface area contributed by atoms with Crippen molar-refractivity contribution in [1.82, 2.24) is 4.57 Å². The third-order valence-corrected chi connectivity index (χ3v) is 2.90. The lowest BCUT2D eigenvalue weighted by Crippen LogP contribution is -2.13. The minimum atomic E-state index is -0.233. The lowest BCUT2D eigenvalue weighted by molar-refractivity contribution is 0.463. The summed E-state index contributed by atoms with van der Waals surface area (Å²) < 4.78 is 6.33. The van der Waals surface area contributed by atoms with E-state index in [0.29, 0.717) is 0 Å². The maximum absolute atomic E-state index is 11.1. The molecule has 0 fully saturated rings. The van der Waals surface area contributed by atoms with Gasteiger partial charge in [-0.25, -0.2) is 4.79 Å². The Labute approximate surface area is 97.5 Å². The summed E-state index contributed by atoms with van der Waals surface area (Å²) in [5, 5.41) is 0. The number of aryl methyl sites for hydroxylation is 1. The van der Waals surface area contributed by atoms with Crippen LogP contribution in [0.15, 0.2) is 21.7 Å². The van der Waals surface area contributed by atoms with Gasteiger partial charge in [-0.05, 0) is 6.42 Å². The molecule has 1 aromatic rings. The van der Waals surface area contributed by atoms with Gasteiger partial charge in [-0.1, -0.05) is 51.9 Å². The first-order valence-electron chi connectivity index (χ1n) is 6.48. The highest BCUT2D eigenvalue weighted by Crippen LogP contribution is 2.08. The van der Waals surface area contributed by atoms with Crippen molar-refractivity contribution < 1.29 is 4.42 Å². The average molecular weight is 225 g/mol. The molecular weight excluding hydrogens is 202 g/mol. The van der Waals surface area contributed by atoms with Crippen LogP contribution in [0.4, 0.5) is 0 Å². The quantitative estimate of drug-likeness (QED) is 0.602. The van der Waals surface area contributed by atoms with Gasteiger partial charge in [0.15, 0.2) is 0 Å². The molecule has 0 aliphatic rings. The summed E-state index contributed by atoms with van der Waals surface area (Å²) in [5.41, 5.74) is 0. The van der Waals surface area contributed by atoms with E-state index in [1.807, 2.05) is 0 Å². The number of rotatable bonds is 9. The van der Waals surface area contributed by atoms with E-state index in [1.165, 1.54) is 51.2 Å². The Morgan fingerprint density at radius 1 is 1.06 bits per heavy atom. The first-order valence-corrected chi connectivity index (χ1v) is 6.48. The molecule has 1 aromatic heterocycles. The second kappa shape index (κ2) is 8.20. The van der Waals surface area contributed by atoms with Crippen LogP contribution in [0.2, 0.25) is 0 Å². The highest BCUT2D eigenvalue weighted by Gasteiger charge is 1.97. The molecule has 0 atom stereocenters. The van der Waals surface area contributed by atoms with Crippen LogP contribution in [0.25, 0.3) is 0 Å². The second-order valence-corrected chi connectivity index (χ2v) is 4.34. The summed E-state index contributed by atoms with van der Waals surface area (Å²) >= 11 is 0. The average Bonchev–Trinajstić information content (AvgIpc) is 2.68. The Bertz CT molecular complexity index is 314. The van der Waals surface area contributed by atoms with Crippen molar-refractivity contribution in [2.75, 3.05) is 0 Å². The molecule has 0 N–H and O–H groups in total. The molecule has 0 spiro atoms. The van der Waals surface area contributed by atoms with Crippen LogP contribution in [0, 0.1) is 0 Å². The summed E-state index contributed by atoms with van der Waals surface area (Å²) in [6.07, 6.45) is 13.5. The third-order valence-electron chi connectivity index (χ3n) is 2.90. The van der Waals surface area contributed by atoms with Gasteiger partial charge in [0.25, 0.3) is 0 Å². The number of unbranched alkanes of at least 4 members (excludes halogenated alkanes) is 7. The van der Waals surface area contributed by atoms with Crippen LogP contribution >= 0.6 is 0 Å². The van der Waals surface area contributed by atoms with Gasteiger partial charge in [0.1, 0.15) is 6.26 Å². The molecule has 1 rings (SSSR count). The Morgan fingerprint density at radius 2 is 1.69 bits per heavy atom. The number of nitrogens with zero attached hydrogens (tertiary/aromatic N) is 1. The summed E-state index contributed by atoms with van der Waals surface area (Å²) in [6.45, 7) is 3.03. The fraction of sp³-hybridized carbons (Fsp3) is 0.769. The van der Waals surface area contributed by atoms with Crippen molar-refractivity contribution >= 4 is 0 Å². The first-order chi connectivity index (χ1) is 7.84. The summed E-state index contributed by atoms with van der Waals surface area (Å²) in [6, 6.07) is 0. The summed E-state index contributed by atoms with van der Waals surface area (Å²) in [4.78, 5) is 11.1. The van der Waals surface area contributed by atoms with Gasteiger partial charge in [0.2, 0.25) is 0 Å². The van der Waals surface area contributed by atoms with Crippen molar-refractivity contribution in [3.8, 4) is 0 Å². The van der Waals surface area contributed by atoms with Gasteiger partial charge in [-0.2, -0.15) is 0 Å². The zero-order chi connectivity index (χ0) is 11.6. The maximum atomic E-state index is 11.1. The molecule has 1 heterocycles. The lowest BCUT2D eigenvalue weighted by Gasteiger charge is -2.01. The van der Waals surface area contributed by atoms with E-state index in [9.17, 15) is 4.79 Å². The predicted octanol–water partition coefficient (Wildman–Crippen LogP) is 3.58. The van der Waals surface area contributed by atoms with E-state index in [2.05, 4.69) is 6.92 Å². The molecule has 0 aliphatic carbocycles. The van der Waals surface area contributed by atoms with E-state index < -0.39 is 0 Å². The smallest absolute Gasteiger partial charge is 0.416 e. The zero-order valence-electron chi connectivity index (χ0n) is 10.3. The van der Waals surface area contributed by atoms with Gasteiger partial charge >= 0.3 is 5.76 Å². The fourth-order valence-corrected chi connectivity index (χ4v) is 1.87. The van der Waals surface area contributed by atoms with Gasteiger partial charge in [0.05, 0.1) is 0 Å². The van der Waals surface area contributed by atoms with Crippen molar-refractivity contribution in [2.24, 2.45) is 0 Å². The monoisotopic (exact) mass is 225 g/mol. The van der Waals surface area contributed by atoms with Crippen LogP contribution in [0.1, 0.15) is 58.3 Å². The van der Waals surface area contributed by atoms with Crippen molar-refractivity contribution in [3.63, 3.8) is 0 Å². The molecule has 0 amide bonds. The molecule has 0 saturated carbocycles. The Hall–Kier alpha value is -0.990. The molecule has 3 nitrogen and oxygen atoms in total. The third kappa shape index (κ3) is 5.19. The molecule has 0 saturated heterocycles. The molecular formula is C13H23NO2. The molecule has 0 unspecified atom stereocenters. The molecule has 0 aliphatic heterocycles. The number of hydrogen-bond acceptors (Lipinski definition) is 2. The standard InChI is InChI=1S/C13H23NO2/c1-2-3-4-5-6-7-8-9-10-14-11-12-16-13(14)15/h11-12H,2-10H2,1H3. The van der Waals surface area contributed by atoms with Crippen LogP contribution < -0.4 is 5.76 Å². The Morgan fingerprint density at radius 3 is 2.25 bits per heavy atom. The van der Waals surface area contributed by atoms with Crippen LogP contribution in [-0.2, 0) is 6.54 Å². The van der Waals surface area contributed by atoms with Crippen LogP contribution in [0.5, 0.6) is 0 Å². The van der Waals surface area contributed by atoms with E-state index >= 15 is 0 Å². The van der Waals surface area contributed by atoms with E-state index in [-0.39, 0.29) is 5.76 Å². The van der Waals surface area contributed by atoms with E-state index in [4.69, 9.17) is 4.42 Å². The first kappa shape index (κ1) is 13.1. The normalized spacial score (nSPS) is 10.8. The van der Waals surface area contributed by atoms with E-state index in [1.54, 1.807) is 10.8 Å². The SMILES string of the molecule is CCCCCCCCCCn1ccoc1=O. The predicted molar refractivity (Wildman–Crippen MR) is 65.6 cm³/mol. The molecule has 0 aromatic carbocycles. The van der Waals surface area contributed by atoms with Crippen molar-refractivity contribution in [2.45, 2.75) is 64.8 Å². The van der Waals surface area contributed by atoms with Gasteiger partial charge in [0, 0.05) is 12.7 Å². The number of aromatic nitrogens is 1. The zero-order valence-corrected chi connectivity index (χ0v) is 10.3. The minimum Gasteiger partial charge on any atom is -0.416 e. The summed E-state index contributed by atoms with van der Waals surface area (Å²) in [7, 11) is 0. The van der Waals surface area contributed by atoms with Gasteiger partial charge in [-0.3, -0.25) is 4.57 Å². The number of hydrogen-bond donors (Lipinski definition) is 0. The molecule has 92 valence electrons. The van der Waals surface area contributed by atoms with Crippen LogP contribution in [0.3, 0.4) is 0 Å². The van der Waals surface area contributed by atoms with Crippen molar-refractivity contribution in [1.29, 1.82) is 0 Å². The highest BCUT2D eigenvalue weighted by molar-refractivity contribution is 4.69. The minimum absolute atomic E-state index is 0.233. The molecule has 0 bridgehead atoms. The molecule has 0 radical (unpaired) electrons.